The van der Waals surface area contributed by atoms with Gasteiger partial charge in [0.25, 0.3) is 0 Å². The number of hydrogen-bond donors (Lipinski definition) is 1. The summed E-state index contributed by atoms with van der Waals surface area (Å²) in [6.45, 7) is 8.54. The summed E-state index contributed by atoms with van der Waals surface area (Å²) in [4.78, 5) is 0. The molecule has 1 aromatic carbocycles. The Morgan fingerprint density at radius 1 is 1.16 bits per heavy atom. The Labute approximate surface area is 124 Å². The van der Waals surface area contributed by atoms with Crippen LogP contribution in [0.25, 0.3) is 0 Å². The minimum Gasteiger partial charge on any atom is -0.490 e. The van der Waals surface area contributed by atoms with Crippen LogP contribution in [-0.4, -0.2) is 32.9 Å². The van der Waals surface area contributed by atoms with Gasteiger partial charge in [0.1, 0.15) is 12.4 Å². The number of benzene rings is 1. The molecule has 1 aromatic rings. The van der Waals surface area contributed by atoms with Crippen LogP contribution in [0.15, 0.2) is 22.7 Å². The molecule has 0 unspecified atom stereocenters. The van der Waals surface area contributed by atoms with E-state index in [9.17, 15) is 0 Å². The van der Waals surface area contributed by atoms with Gasteiger partial charge >= 0.3 is 0 Å². The Morgan fingerprint density at radius 3 is 2.74 bits per heavy atom. The van der Waals surface area contributed by atoms with E-state index in [0.29, 0.717) is 13.2 Å². The largest absolute Gasteiger partial charge is 0.490 e. The Hall–Kier alpha value is -0.580. The van der Waals surface area contributed by atoms with Crippen LogP contribution in [0.3, 0.4) is 0 Å². The van der Waals surface area contributed by atoms with E-state index in [0.717, 1.165) is 23.4 Å². The van der Waals surface area contributed by atoms with Crippen LogP contribution in [0, 0.1) is 6.92 Å². The van der Waals surface area contributed by atoms with E-state index >= 15 is 0 Å². The molecule has 0 aromatic heterocycles. The first-order chi connectivity index (χ1) is 9.24. The summed E-state index contributed by atoms with van der Waals surface area (Å²) in [5, 5.41) is 2.31. The molecular formula is C15H25BrNO2+. The zero-order valence-corrected chi connectivity index (χ0v) is 13.5. The van der Waals surface area contributed by atoms with E-state index in [2.05, 4.69) is 41.2 Å². The van der Waals surface area contributed by atoms with E-state index in [1.165, 1.54) is 24.9 Å². The fourth-order valence-corrected chi connectivity index (χ4v) is 2.30. The topological polar surface area (TPSA) is 35.1 Å². The van der Waals surface area contributed by atoms with Crippen LogP contribution in [0.4, 0.5) is 0 Å². The van der Waals surface area contributed by atoms with Gasteiger partial charge in [-0.05, 0) is 47.0 Å². The SMILES string of the molecule is CCCC[NH2+]CCOCCOc1ccc(C)cc1Br. The minimum absolute atomic E-state index is 0.594. The van der Waals surface area contributed by atoms with Crippen LogP contribution >= 0.6 is 15.9 Å². The molecule has 19 heavy (non-hydrogen) atoms. The Morgan fingerprint density at radius 2 is 2.00 bits per heavy atom. The smallest absolute Gasteiger partial charge is 0.133 e. The minimum atomic E-state index is 0.594. The Balaban J connectivity index is 2.01. The number of rotatable bonds is 10. The van der Waals surface area contributed by atoms with Crippen LogP contribution < -0.4 is 10.1 Å². The van der Waals surface area contributed by atoms with Crippen LogP contribution in [0.2, 0.25) is 0 Å². The lowest BCUT2D eigenvalue weighted by Crippen LogP contribution is -2.85. The van der Waals surface area contributed by atoms with E-state index in [-0.39, 0.29) is 0 Å². The van der Waals surface area contributed by atoms with Crippen molar-refractivity contribution in [2.75, 3.05) is 32.9 Å². The van der Waals surface area contributed by atoms with Gasteiger partial charge in [-0.25, -0.2) is 0 Å². The van der Waals surface area contributed by atoms with Crippen molar-refractivity contribution in [3.8, 4) is 5.75 Å². The number of nitrogens with two attached hydrogens (primary N) is 1. The van der Waals surface area contributed by atoms with Gasteiger partial charge in [0, 0.05) is 0 Å². The van der Waals surface area contributed by atoms with E-state index < -0.39 is 0 Å². The predicted octanol–water partition coefficient (Wildman–Crippen LogP) is 2.52. The molecule has 4 heteroatoms. The van der Waals surface area contributed by atoms with Gasteiger partial charge in [-0.3, -0.25) is 0 Å². The van der Waals surface area contributed by atoms with Gasteiger partial charge in [-0.1, -0.05) is 19.4 Å². The van der Waals surface area contributed by atoms with Gasteiger partial charge in [0.05, 0.1) is 30.8 Å². The second kappa shape index (κ2) is 10.2. The first kappa shape index (κ1) is 16.5. The first-order valence-corrected chi connectivity index (χ1v) is 7.81. The third kappa shape index (κ3) is 7.55. The van der Waals surface area contributed by atoms with Gasteiger partial charge in [0.15, 0.2) is 0 Å². The van der Waals surface area contributed by atoms with Crippen molar-refractivity contribution in [2.45, 2.75) is 26.7 Å². The average molecular weight is 331 g/mol. The van der Waals surface area contributed by atoms with Crippen LogP contribution in [-0.2, 0) is 4.74 Å². The summed E-state index contributed by atoms with van der Waals surface area (Å²) >= 11 is 3.49. The first-order valence-electron chi connectivity index (χ1n) is 7.02. The molecule has 0 spiro atoms. The van der Waals surface area contributed by atoms with Crippen LogP contribution in [0.1, 0.15) is 25.3 Å². The lowest BCUT2D eigenvalue weighted by atomic mass is 10.2. The zero-order valence-electron chi connectivity index (χ0n) is 12.0. The van der Waals surface area contributed by atoms with Crippen molar-refractivity contribution in [1.82, 2.24) is 0 Å². The van der Waals surface area contributed by atoms with Crippen LogP contribution in [0.5, 0.6) is 5.75 Å². The summed E-state index contributed by atoms with van der Waals surface area (Å²) in [7, 11) is 0. The molecule has 0 aliphatic rings. The molecule has 0 fully saturated rings. The lowest BCUT2D eigenvalue weighted by Gasteiger charge is -2.09. The van der Waals surface area contributed by atoms with Crippen molar-refractivity contribution in [3.05, 3.63) is 28.2 Å². The summed E-state index contributed by atoms with van der Waals surface area (Å²) in [6.07, 6.45) is 2.54. The molecule has 0 saturated carbocycles. The number of hydrogen-bond acceptors (Lipinski definition) is 2. The maximum atomic E-state index is 5.65. The van der Waals surface area contributed by atoms with Gasteiger partial charge < -0.3 is 14.8 Å². The fraction of sp³-hybridized carbons (Fsp3) is 0.600. The molecule has 0 heterocycles. The van der Waals surface area contributed by atoms with E-state index in [1.807, 2.05) is 12.1 Å². The van der Waals surface area contributed by atoms with Crippen molar-refractivity contribution >= 4 is 15.9 Å². The predicted molar refractivity (Wildman–Crippen MR) is 81.8 cm³/mol. The quantitative estimate of drug-likeness (QED) is 0.669. The standard InChI is InChI=1S/C15H24BrNO2/c1-3-4-7-17-8-9-18-10-11-19-15-6-5-13(2)12-14(15)16/h5-6,12,17H,3-4,7-11H2,1-2H3/p+1. The van der Waals surface area contributed by atoms with Crippen molar-refractivity contribution in [2.24, 2.45) is 0 Å². The molecule has 0 aliphatic carbocycles. The van der Waals surface area contributed by atoms with Gasteiger partial charge in [-0.15, -0.1) is 0 Å². The highest BCUT2D eigenvalue weighted by Gasteiger charge is 2.00. The van der Waals surface area contributed by atoms with E-state index in [4.69, 9.17) is 9.47 Å². The van der Waals surface area contributed by atoms with Crippen molar-refractivity contribution < 1.29 is 14.8 Å². The summed E-state index contributed by atoms with van der Waals surface area (Å²) in [6, 6.07) is 6.08. The third-order valence-electron chi connectivity index (χ3n) is 2.80. The molecule has 1 rings (SSSR count). The summed E-state index contributed by atoms with van der Waals surface area (Å²) in [5.74, 6) is 0.878. The molecule has 0 amide bonds. The molecule has 0 aliphatic heterocycles. The fourth-order valence-electron chi connectivity index (χ4n) is 1.70. The molecule has 0 bridgehead atoms. The molecule has 3 nitrogen and oxygen atoms in total. The molecular weight excluding hydrogens is 306 g/mol. The van der Waals surface area contributed by atoms with Crippen molar-refractivity contribution in [1.29, 1.82) is 0 Å². The molecule has 0 atom stereocenters. The lowest BCUT2D eigenvalue weighted by molar-refractivity contribution is -0.656. The third-order valence-corrected chi connectivity index (χ3v) is 3.42. The average Bonchev–Trinajstić information content (AvgIpc) is 2.39. The highest BCUT2D eigenvalue weighted by molar-refractivity contribution is 9.10. The summed E-state index contributed by atoms with van der Waals surface area (Å²) in [5.41, 5.74) is 1.22. The van der Waals surface area contributed by atoms with Crippen molar-refractivity contribution in [3.63, 3.8) is 0 Å². The highest BCUT2D eigenvalue weighted by atomic mass is 79.9. The summed E-state index contributed by atoms with van der Waals surface area (Å²) < 4.78 is 12.2. The van der Waals surface area contributed by atoms with Gasteiger partial charge in [0.2, 0.25) is 0 Å². The second-order valence-corrected chi connectivity index (χ2v) is 5.47. The monoisotopic (exact) mass is 330 g/mol. The van der Waals surface area contributed by atoms with Gasteiger partial charge in [-0.2, -0.15) is 0 Å². The second-order valence-electron chi connectivity index (χ2n) is 4.61. The normalized spacial score (nSPS) is 10.7. The molecule has 0 saturated heterocycles. The maximum absolute atomic E-state index is 5.65. The zero-order chi connectivity index (χ0) is 13.9. The Kier molecular flexibility index (Phi) is 8.88. The number of ether oxygens (including phenoxy) is 2. The maximum Gasteiger partial charge on any atom is 0.133 e. The molecule has 0 radical (unpaired) electrons. The number of quaternary nitrogens is 1. The Bertz CT molecular complexity index is 358. The number of unbranched alkanes of at least 4 members (excludes halogenated alkanes) is 1. The number of halogens is 1. The van der Waals surface area contributed by atoms with E-state index in [1.54, 1.807) is 0 Å². The highest BCUT2D eigenvalue weighted by Crippen LogP contribution is 2.25. The number of aryl methyl sites for hydroxylation is 1. The molecule has 2 N–H and O–H groups in total. The molecule has 108 valence electrons.